The van der Waals surface area contributed by atoms with E-state index in [0.29, 0.717) is 25.3 Å². The monoisotopic (exact) mass is 413 g/mol. The van der Waals surface area contributed by atoms with Crippen LogP contribution in [0.3, 0.4) is 0 Å². The van der Waals surface area contributed by atoms with Crippen molar-refractivity contribution in [3.8, 4) is 0 Å². The number of rotatable bonds is 9. The summed E-state index contributed by atoms with van der Waals surface area (Å²) in [6.07, 6.45) is 1.74. The van der Waals surface area contributed by atoms with Gasteiger partial charge in [0.05, 0.1) is 29.5 Å². The van der Waals surface area contributed by atoms with Crippen LogP contribution in [-0.2, 0) is 17.0 Å². The molecule has 0 unspecified atom stereocenters. The number of ether oxygens (including phenoxy) is 1. The molecule has 0 spiro atoms. The first-order valence-corrected chi connectivity index (χ1v) is 10.8. The second-order valence-electron chi connectivity index (χ2n) is 6.21. The molecule has 0 aliphatic rings. The van der Waals surface area contributed by atoms with Crippen molar-refractivity contribution in [1.29, 1.82) is 0 Å². The van der Waals surface area contributed by atoms with Crippen LogP contribution < -0.4 is 0 Å². The van der Waals surface area contributed by atoms with Gasteiger partial charge in [0.1, 0.15) is 0 Å². The predicted octanol–water partition coefficient (Wildman–Crippen LogP) is 4.43. The first-order valence-electron chi connectivity index (χ1n) is 8.97. The van der Waals surface area contributed by atoms with Crippen molar-refractivity contribution < 1.29 is 9.53 Å². The lowest BCUT2D eigenvalue weighted by Crippen LogP contribution is -2.33. The summed E-state index contributed by atoms with van der Waals surface area (Å²) < 4.78 is 5.17. The van der Waals surface area contributed by atoms with Crippen LogP contribution in [0.2, 0.25) is 0 Å². The van der Waals surface area contributed by atoms with E-state index in [2.05, 4.69) is 15.3 Å². The molecule has 0 radical (unpaired) electrons. The lowest BCUT2D eigenvalue weighted by atomic mass is 10.2. The minimum atomic E-state index is -0.0191. The van der Waals surface area contributed by atoms with Gasteiger partial charge in [-0.3, -0.25) is 9.78 Å². The Balaban J connectivity index is 1.64. The van der Waals surface area contributed by atoms with Crippen molar-refractivity contribution in [3.05, 3.63) is 76.0 Å². The minimum absolute atomic E-state index is 0.0191. The third-order valence-corrected chi connectivity index (χ3v) is 5.95. The van der Waals surface area contributed by atoms with Gasteiger partial charge in [-0.05, 0) is 43.3 Å². The molecule has 2 aromatic heterocycles. The second kappa shape index (κ2) is 10.4. The summed E-state index contributed by atoms with van der Waals surface area (Å²) in [5.41, 5.74) is 2.62. The van der Waals surface area contributed by atoms with E-state index < -0.39 is 0 Å². The molecule has 0 fully saturated rings. The summed E-state index contributed by atoms with van der Waals surface area (Å²) in [6, 6.07) is 13.5. The molecular weight excluding hydrogens is 390 g/mol. The average Bonchev–Trinajstić information content (AvgIpc) is 3.15. The summed E-state index contributed by atoms with van der Waals surface area (Å²) in [7, 11) is 1.64. The van der Waals surface area contributed by atoms with E-state index in [1.54, 1.807) is 41.3 Å². The van der Waals surface area contributed by atoms with Crippen LogP contribution in [0.1, 0.15) is 26.8 Å². The number of carbonyl (C=O) groups excluding carboxylic acids is 1. The highest BCUT2D eigenvalue weighted by atomic mass is 32.2. The molecule has 28 heavy (non-hydrogen) atoms. The summed E-state index contributed by atoms with van der Waals surface area (Å²) in [5.74, 6) is 0.812. The van der Waals surface area contributed by atoms with Crippen molar-refractivity contribution in [1.82, 2.24) is 14.9 Å². The Morgan fingerprint density at radius 1 is 1.18 bits per heavy atom. The number of nitrogens with zero attached hydrogens (tertiary/aromatic N) is 3. The standard InChI is InChI=1S/C21H23N3O2S2/c1-16-23-19(14-27-16)15-28-20-8-6-17(7-9-20)21(25)24(11-12-26-2)13-18-5-3-4-10-22-18/h3-10,14H,11-13,15H2,1-2H3. The molecule has 1 amide bonds. The van der Waals surface area contributed by atoms with Gasteiger partial charge in [-0.25, -0.2) is 4.98 Å². The number of aryl methyl sites for hydroxylation is 1. The number of thiazole rings is 1. The van der Waals surface area contributed by atoms with Gasteiger partial charge < -0.3 is 9.64 Å². The zero-order valence-corrected chi connectivity index (χ0v) is 17.6. The van der Waals surface area contributed by atoms with Gasteiger partial charge in [-0.1, -0.05) is 6.07 Å². The predicted molar refractivity (Wildman–Crippen MR) is 114 cm³/mol. The molecule has 3 rings (SSSR count). The highest BCUT2D eigenvalue weighted by molar-refractivity contribution is 7.98. The molecule has 0 bridgehead atoms. The van der Waals surface area contributed by atoms with Gasteiger partial charge in [0, 0.05) is 41.4 Å². The van der Waals surface area contributed by atoms with Crippen molar-refractivity contribution in [2.75, 3.05) is 20.3 Å². The fourth-order valence-corrected chi connectivity index (χ4v) is 4.16. The molecule has 0 saturated heterocycles. The highest BCUT2D eigenvalue weighted by Gasteiger charge is 2.16. The topological polar surface area (TPSA) is 55.3 Å². The van der Waals surface area contributed by atoms with Crippen LogP contribution in [0.15, 0.2) is 58.9 Å². The van der Waals surface area contributed by atoms with Gasteiger partial charge in [0.25, 0.3) is 5.91 Å². The van der Waals surface area contributed by atoms with Crippen molar-refractivity contribution in [2.45, 2.75) is 24.1 Å². The largest absolute Gasteiger partial charge is 0.383 e. The Labute approximate surface area is 173 Å². The van der Waals surface area contributed by atoms with E-state index >= 15 is 0 Å². The number of thioether (sulfide) groups is 1. The van der Waals surface area contributed by atoms with Crippen molar-refractivity contribution in [3.63, 3.8) is 0 Å². The van der Waals surface area contributed by atoms with Crippen LogP contribution in [0.4, 0.5) is 0 Å². The zero-order valence-electron chi connectivity index (χ0n) is 16.0. The Morgan fingerprint density at radius 3 is 2.64 bits per heavy atom. The number of aromatic nitrogens is 2. The molecule has 0 aliphatic carbocycles. The smallest absolute Gasteiger partial charge is 0.254 e. The molecule has 146 valence electrons. The van der Waals surface area contributed by atoms with E-state index in [4.69, 9.17) is 4.74 Å². The van der Waals surface area contributed by atoms with Gasteiger partial charge in [-0.15, -0.1) is 23.1 Å². The number of benzene rings is 1. The van der Waals surface area contributed by atoms with Gasteiger partial charge in [0.2, 0.25) is 0 Å². The number of hydrogen-bond donors (Lipinski definition) is 0. The van der Waals surface area contributed by atoms with E-state index in [0.717, 1.165) is 27.0 Å². The molecule has 0 N–H and O–H groups in total. The summed E-state index contributed by atoms with van der Waals surface area (Å²) in [4.78, 5) is 24.7. The number of pyridine rings is 1. The van der Waals surface area contributed by atoms with Crippen LogP contribution >= 0.6 is 23.1 Å². The lowest BCUT2D eigenvalue weighted by molar-refractivity contribution is 0.0678. The van der Waals surface area contributed by atoms with E-state index in [1.807, 2.05) is 49.4 Å². The first-order chi connectivity index (χ1) is 13.7. The quantitative estimate of drug-likeness (QED) is 0.486. The molecule has 7 heteroatoms. The molecule has 0 aliphatic heterocycles. The molecule has 1 aromatic carbocycles. The maximum absolute atomic E-state index is 13.0. The average molecular weight is 414 g/mol. The zero-order chi connectivity index (χ0) is 19.8. The fraction of sp³-hybridized carbons (Fsp3) is 0.286. The van der Waals surface area contributed by atoms with Gasteiger partial charge in [0.15, 0.2) is 0 Å². The van der Waals surface area contributed by atoms with Crippen molar-refractivity contribution in [2.24, 2.45) is 0 Å². The molecule has 3 aromatic rings. The van der Waals surface area contributed by atoms with E-state index in [1.165, 1.54) is 0 Å². The van der Waals surface area contributed by atoms with Crippen LogP contribution in [-0.4, -0.2) is 41.0 Å². The Bertz CT molecular complexity index is 882. The summed E-state index contributed by atoms with van der Waals surface area (Å²) >= 11 is 3.39. The van der Waals surface area contributed by atoms with Gasteiger partial charge in [-0.2, -0.15) is 0 Å². The van der Waals surface area contributed by atoms with Crippen LogP contribution in [0.25, 0.3) is 0 Å². The third kappa shape index (κ3) is 5.89. The molecule has 0 atom stereocenters. The second-order valence-corrected chi connectivity index (χ2v) is 8.32. The number of carbonyl (C=O) groups is 1. The van der Waals surface area contributed by atoms with Crippen LogP contribution in [0, 0.1) is 6.92 Å². The number of hydrogen-bond acceptors (Lipinski definition) is 6. The SMILES string of the molecule is COCCN(Cc1ccccn1)C(=O)c1ccc(SCc2csc(C)n2)cc1. The fourth-order valence-electron chi connectivity index (χ4n) is 2.65. The summed E-state index contributed by atoms with van der Waals surface area (Å²) in [6.45, 7) is 3.48. The maximum atomic E-state index is 13.0. The Hall–Kier alpha value is -2.22. The Kier molecular flexibility index (Phi) is 7.59. The minimum Gasteiger partial charge on any atom is -0.383 e. The number of methoxy groups -OCH3 is 1. The van der Waals surface area contributed by atoms with E-state index in [-0.39, 0.29) is 5.91 Å². The summed E-state index contributed by atoms with van der Waals surface area (Å²) in [5, 5.41) is 3.17. The number of amides is 1. The Morgan fingerprint density at radius 2 is 2.00 bits per heavy atom. The lowest BCUT2D eigenvalue weighted by Gasteiger charge is -2.22. The normalized spacial score (nSPS) is 10.8. The molecule has 2 heterocycles. The maximum Gasteiger partial charge on any atom is 0.254 e. The van der Waals surface area contributed by atoms with Gasteiger partial charge >= 0.3 is 0 Å². The van der Waals surface area contributed by atoms with E-state index in [9.17, 15) is 4.79 Å². The third-order valence-electron chi connectivity index (χ3n) is 4.09. The highest BCUT2D eigenvalue weighted by Crippen LogP contribution is 2.24. The van der Waals surface area contributed by atoms with Crippen molar-refractivity contribution >= 4 is 29.0 Å². The molecule has 0 saturated carbocycles. The molecular formula is C21H23N3O2S2. The first kappa shape index (κ1) is 20.5. The molecule has 5 nitrogen and oxygen atoms in total. The van der Waals surface area contributed by atoms with Crippen LogP contribution in [0.5, 0.6) is 0 Å².